The zero-order valence-electron chi connectivity index (χ0n) is 26.9. The van der Waals surface area contributed by atoms with Crippen molar-refractivity contribution in [3.8, 4) is 0 Å². The van der Waals surface area contributed by atoms with E-state index in [-0.39, 0.29) is 43.3 Å². The fourth-order valence-electron chi connectivity index (χ4n) is 9.93. The number of hydrogen-bond donors (Lipinski definition) is 1. The Kier molecular flexibility index (Phi) is 9.46. The van der Waals surface area contributed by atoms with Crippen LogP contribution in [0.2, 0.25) is 0 Å². The van der Waals surface area contributed by atoms with Crippen LogP contribution in [-0.4, -0.2) is 46.1 Å². The van der Waals surface area contributed by atoms with E-state index in [1.54, 1.807) is 0 Å². The molecule has 0 radical (unpaired) electrons. The van der Waals surface area contributed by atoms with Gasteiger partial charge in [0.05, 0.1) is 18.9 Å². The Morgan fingerprint density at radius 2 is 1.65 bits per heavy atom. The molecule has 8 heteroatoms. The molecule has 5 rings (SSSR count). The van der Waals surface area contributed by atoms with Crippen LogP contribution in [0.4, 0.5) is 0 Å². The Labute approximate surface area is 257 Å². The highest BCUT2D eigenvalue weighted by Gasteiger charge is 2.59. The van der Waals surface area contributed by atoms with Crippen LogP contribution in [0.15, 0.2) is 11.6 Å². The van der Waals surface area contributed by atoms with Crippen LogP contribution in [0.1, 0.15) is 125 Å². The number of rotatable bonds is 10. The van der Waals surface area contributed by atoms with Gasteiger partial charge in [0.25, 0.3) is 11.8 Å². The Morgan fingerprint density at radius 1 is 0.953 bits per heavy atom. The fraction of sp³-hybridized carbons (Fsp3) is 0.829. The monoisotopic (exact) mass is 599 g/mol. The van der Waals surface area contributed by atoms with E-state index < -0.39 is 23.8 Å². The highest BCUT2D eigenvalue weighted by atomic mass is 16.7. The number of aliphatic hydroxyl groups excluding tert-OH is 1. The molecule has 8 nitrogen and oxygen atoms in total. The molecule has 0 aromatic carbocycles. The molecule has 1 aliphatic heterocycles. The fourth-order valence-corrected chi connectivity index (χ4v) is 9.93. The first-order valence-electron chi connectivity index (χ1n) is 17.0. The first-order valence-corrected chi connectivity index (χ1v) is 17.0. The second-order valence-corrected chi connectivity index (χ2v) is 15.3. The SMILES string of the molecule is CC(CC[C@H](O)C(C)C)[C@H]1CC[C@H]2[C@@H]3CC=C4C[C@@H](OC(=O)CCC(=O)ON5C(=O)CCC5=O)CC[C@]4(C)[C@H]3CC[C@]12C. The molecule has 5 aliphatic rings. The number of hydroxylamine groups is 2. The van der Waals surface area contributed by atoms with Gasteiger partial charge < -0.3 is 14.7 Å². The lowest BCUT2D eigenvalue weighted by molar-refractivity contribution is -0.197. The van der Waals surface area contributed by atoms with Crippen LogP contribution in [-0.2, 0) is 28.8 Å². The van der Waals surface area contributed by atoms with Crippen LogP contribution in [0.3, 0.4) is 0 Å². The largest absolute Gasteiger partial charge is 0.462 e. The van der Waals surface area contributed by atoms with Gasteiger partial charge in [-0.15, -0.1) is 5.06 Å². The van der Waals surface area contributed by atoms with E-state index in [0.29, 0.717) is 34.1 Å². The van der Waals surface area contributed by atoms with E-state index in [4.69, 9.17) is 9.57 Å². The summed E-state index contributed by atoms with van der Waals surface area (Å²) in [5.41, 5.74) is 1.97. The van der Waals surface area contributed by atoms with Gasteiger partial charge in [0.2, 0.25) is 0 Å². The third kappa shape index (κ3) is 6.32. The summed E-state index contributed by atoms with van der Waals surface area (Å²) in [6.45, 7) is 11.7. The second kappa shape index (κ2) is 12.6. The van der Waals surface area contributed by atoms with Crippen molar-refractivity contribution in [3.63, 3.8) is 0 Å². The first-order chi connectivity index (χ1) is 20.3. The topological polar surface area (TPSA) is 110 Å². The third-order valence-electron chi connectivity index (χ3n) is 12.5. The lowest BCUT2D eigenvalue weighted by atomic mass is 9.47. The maximum Gasteiger partial charge on any atom is 0.333 e. The van der Waals surface area contributed by atoms with E-state index in [9.17, 15) is 24.3 Å². The zero-order valence-corrected chi connectivity index (χ0v) is 26.9. The maximum atomic E-state index is 12.6. The molecule has 4 aliphatic carbocycles. The van der Waals surface area contributed by atoms with Gasteiger partial charge in [0.1, 0.15) is 6.10 Å². The van der Waals surface area contributed by atoms with Gasteiger partial charge in [0, 0.05) is 19.3 Å². The van der Waals surface area contributed by atoms with Crippen molar-refractivity contribution in [2.24, 2.45) is 46.3 Å². The Hall–Kier alpha value is -2.22. The summed E-state index contributed by atoms with van der Waals surface area (Å²) >= 11 is 0. The highest BCUT2D eigenvalue weighted by Crippen LogP contribution is 2.67. The summed E-state index contributed by atoms with van der Waals surface area (Å²) in [4.78, 5) is 52.9. The number of esters is 1. The maximum absolute atomic E-state index is 12.6. The van der Waals surface area contributed by atoms with Gasteiger partial charge in [-0.3, -0.25) is 14.4 Å². The number of imide groups is 1. The lowest BCUT2D eigenvalue weighted by Gasteiger charge is -2.58. The summed E-state index contributed by atoms with van der Waals surface area (Å²) < 4.78 is 5.81. The number of ether oxygens (including phenoxy) is 1. The van der Waals surface area contributed by atoms with Crippen molar-refractivity contribution >= 4 is 23.8 Å². The van der Waals surface area contributed by atoms with E-state index in [1.807, 2.05) is 0 Å². The molecule has 0 aromatic heterocycles. The smallest absolute Gasteiger partial charge is 0.333 e. The number of aliphatic hydroxyl groups is 1. The number of amides is 2. The summed E-state index contributed by atoms with van der Waals surface area (Å²) in [6.07, 6.45) is 12.7. The standard InChI is InChI=1S/C35H53NO7/c1-21(2)29(37)11-6-22(3)26-9-10-27-25-8-7-23-20-24(16-18-34(23,4)28(25)17-19-35(26,27)5)42-32(40)14-15-33(41)43-36-30(38)12-13-31(36)39/h7,21-22,24-29,37H,6,8-20H2,1-5H3/t22?,24-,25-,26+,27-,28-,29-,34-,35+/m0/s1. The predicted octanol–water partition coefficient (Wildman–Crippen LogP) is 6.30. The number of allylic oxidation sites excluding steroid dienone is 1. The molecule has 240 valence electrons. The lowest BCUT2D eigenvalue weighted by Crippen LogP contribution is -2.51. The van der Waals surface area contributed by atoms with Gasteiger partial charge in [0.15, 0.2) is 0 Å². The van der Waals surface area contributed by atoms with Gasteiger partial charge >= 0.3 is 11.9 Å². The Bertz CT molecular complexity index is 1120. The molecule has 0 spiro atoms. The molecule has 2 amide bonds. The molecule has 1 N–H and O–H groups in total. The minimum Gasteiger partial charge on any atom is -0.462 e. The molecule has 4 fully saturated rings. The summed E-state index contributed by atoms with van der Waals surface area (Å²) in [6, 6.07) is 0. The van der Waals surface area contributed by atoms with Crippen LogP contribution in [0.5, 0.6) is 0 Å². The number of carbonyl (C=O) groups excluding carboxylic acids is 4. The normalized spacial score (nSPS) is 36.9. The quantitative estimate of drug-likeness (QED) is 0.178. The number of nitrogens with zero attached hydrogens (tertiary/aromatic N) is 1. The van der Waals surface area contributed by atoms with Crippen molar-refractivity contribution in [3.05, 3.63) is 11.6 Å². The molecule has 0 aromatic rings. The van der Waals surface area contributed by atoms with Gasteiger partial charge in [-0.1, -0.05) is 46.3 Å². The van der Waals surface area contributed by atoms with Crippen LogP contribution in [0.25, 0.3) is 0 Å². The van der Waals surface area contributed by atoms with E-state index in [0.717, 1.165) is 50.4 Å². The van der Waals surface area contributed by atoms with Crippen molar-refractivity contribution in [1.82, 2.24) is 5.06 Å². The van der Waals surface area contributed by atoms with Gasteiger partial charge in [-0.05, 0) is 104 Å². The number of hydrogen-bond acceptors (Lipinski definition) is 7. The minimum absolute atomic E-state index is 0.0379. The van der Waals surface area contributed by atoms with Crippen molar-refractivity contribution in [2.75, 3.05) is 0 Å². The molecular weight excluding hydrogens is 546 g/mol. The molecule has 1 unspecified atom stereocenters. The van der Waals surface area contributed by atoms with Crippen molar-refractivity contribution < 1.29 is 33.9 Å². The third-order valence-corrected chi connectivity index (χ3v) is 12.5. The Balaban J connectivity index is 1.14. The van der Waals surface area contributed by atoms with Crippen LogP contribution < -0.4 is 0 Å². The minimum atomic E-state index is -0.779. The molecular formula is C35H53NO7. The Morgan fingerprint density at radius 3 is 2.35 bits per heavy atom. The molecule has 43 heavy (non-hydrogen) atoms. The average Bonchev–Trinajstić information content (AvgIpc) is 3.48. The molecule has 3 saturated carbocycles. The number of fused-ring (bicyclic) bond motifs is 5. The van der Waals surface area contributed by atoms with Crippen molar-refractivity contribution in [1.29, 1.82) is 0 Å². The van der Waals surface area contributed by atoms with E-state index in [2.05, 4.69) is 40.7 Å². The summed E-state index contributed by atoms with van der Waals surface area (Å²) in [5, 5.41) is 10.9. The second-order valence-electron chi connectivity index (χ2n) is 15.3. The van der Waals surface area contributed by atoms with E-state index in [1.165, 1.54) is 31.3 Å². The zero-order chi connectivity index (χ0) is 31.1. The van der Waals surface area contributed by atoms with E-state index >= 15 is 0 Å². The molecule has 9 atom stereocenters. The van der Waals surface area contributed by atoms with Crippen LogP contribution >= 0.6 is 0 Å². The summed E-state index contributed by atoms with van der Waals surface area (Å²) in [7, 11) is 0. The highest BCUT2D eigenvalue weighted by molar-refractivity contribution is 6.01. The first kappa shape index (κ1) is 32.2. The molecule has 0 bridgehead atoms. The van der Waals surface area contributed by atoms with Crippen molar-refractivity contribution in [2.45, 2.75) is 137 Å². The predicted molar refractivity (Wildman–Crippen MR) is 161 cm³/mol. The number of carbonyl (C=O) groups is 4. The van der Waals surface area contributed by atoms with Gasteiger partial charge in [-0.25, -0.2) is 4.79 Å². The molecule has 1 saturated heterocycles. The molecule has 1 heterocycles. The van der Waals surface area contributed by atoms with Crippen LogP contribution in [0, 0.1) is 46.3 Å². The average molecular weight is 600 g/mol. The van der Waals surface area contributed by atoms with Gasteiger partial charge in [-0.2, -0.15) is 0 Å². The summed E-state index contributed by atoms with van der Waals surface area (Å²) in [5.74, 6) is 1.55.